The molecule has 1 heterocycles. The molecule has 0 aromatic carbocycles. The van der Waals surface area contributed by atoms with Gasteiger partial charge in [0, 0.05) is 19.7 Å². The summed E-state index contributed by atoms with van der Waals surface area (Å²) in [7, 11) is 0. The highest BCUT2D eigenvalue weighted by Crippen LogP contribution is 2.24. The number of aliphatic hydroxyl groups is 1. The van der Waals surface area contributed by atoms with Crippen LogP contribution >= 0.6 is 0 Å². The number of ether oxygens (including phenoxy) is 1. The first-order valence-electron chi connectivity index (χ1n) is 7.32. The number of likely N-dealkylation sites (tertiary alicyclic amines) is 1. The van der Waals surface area contributed by atoms with Crippen molar-refractivity contribution in [2.24, 2.45) is 11.8 Å². The molecule has 1 amide bonds. The second-order valence-corrected chi connectivity index (χ2v) is 5.69. The molecule has 0 bridgehead atoms. The molecule has 0 atom stereocenters. The van der Waals surface area contributed by atoms with E-state index in [-0.39, 0.29) is 12.7 Å². The van der Waals surface area contributed by atoms with Gasteiger partial charge in [0.2, 0.25) is 0 Å². The van der Waals surface area contributed by atoms with Crippen LogP contribution in [0.25, 0.3) is 0 Å². The van der Waals surface area contributed by atoms with Gasteiger partial charge in [0.05, 0.1) is 6.61 Å². The smallest absolute Gasteiger partial charge is 0.409 e. The van der Waals surface area contributed by atoms with Crippen LogP contribution in [0.5, 0.6) is 0 Å². The zero-order chi connectivity index (χ0) is 12.8. The first kappa shape index (κ1) is 13.7. The number of carbonyl (C=O) groups is 1. The van der Waals surface area contributed by atoms with E-state index >= 15 is 0 Å². The Morgan fingerprint density at radius 1 is 1.06 bits per heavy atom. The minimum Gasteiger partial charge on any atom is -0.449 e. The van der Waals surface area contributed by atoms with Crippen molar-refractivity contribution in [3.8, 4) is 0 Å². The van der Waals surface area contributed by atoms with Gasteiger partial charge in [-0.3, -0.25) is 0 Å². The van der Waals surface area contributed by atoms with Gasteiger partial charge in [-0.25, -0.2) is 4.79 Å². The average molecular weight is 255 g/mol. The van der Waals surface area contributed by atoms with Crippen LogP contribution in [0.3, 0.4) is 0 Å². The fraction of sp³-hybridized carbons (Fsp3) is 0.929. The van der Waals surface area contributed by atoms with E-state index in [2.05, 4.69) is 0 Å². The van der Waals surface area contributed by atoms with Gasteiger partial charge in [-0.15, -0.1) is 0 Å². The molecule has 1 aliphatic carbocycles. The van der Waals surface area contributed by atoms with Crippen molar-refractivity contribution in [2.45, 2.75) is 44.9 Å². The maximum atomic E-state index is 11.9. The predicted octanol–water partition coefficient (Wildman–Crippen LogP) is 2.41. The Hall–Kier alpha value is -0.770. The van der Waals surface area contributed by atoms with Crippen molar-refractivity contribution >= 4 is 6.09 Å². The van der Waals surface area contributed by atoms with Gasteiger partial charge in [0.1, 0.15) is 0 Å². The fourth-order valence-corrected chi connectivity index (χ4v) is 2.93. The highest BCUT2D eigenvalue weighted by atomic mass is 16.6. The van der Waals surface area contributed by atoms with Crippen LogP contribution in [0.4, 0.5) is 4.79 Å². The number of hydrogen-bond donors (Lipinski definition) is 1. The van der Waals surface area contributed by atoms with Gasteiger partial charge in [0.15, 0.2) is 0 Å². The van der Waals surface area contributed by atoms with E-state index < -0.39 is 0 Å². The van der Waals surface area contributed by atoms with Crippen LogP contribution in [0.1, 0.15) is 44.9 Å². The number of aliphatic hydroxyl groups excluding tert-OH is 1. The van der Waals surface area contributed by atoms with E-state index in [0.29, 0.717) is 18.4 Å². The molecule has 2 fully saturated rings. The lowest BCUT2D eigenvalue weighted by atomic mass is 9.90. The lowest BCUT2D eigenvalue weighted by Gasteiger charge is -2.31. The number of nitrogens with zero attached hydrogens (tertiary/aromatic N) is 1. The zero-order valence-electron chi connectivity index (χ0n) is 11.1. The van der Waals surface area contributed by atoms with Crippen LogP contribution < -0.4 is 0 Å². The van der Waals surface area contributed by atoms with Crippen LogP contribution in [0.2, 0.25) is 0 Å². The van der Waals surface area contributed by atoms with E-state index in [1.165, 1.54) is 32.1 Å². The van der Waals surface area contributed by atoms with Gasteiger partial charge in [-0.1, -0.05) is 19.3 Å². The molecule has 0 aromatic rings. The first-order chi connectivity index (χ1) is 8.79. The van der Waals surface area contributed by atoms with E-state index in [1.54, 1.807) is 4.90 Å². The third-order valence-corrected chi connectivity index (χ3v) is 4.30. The van der Waals surface area contributed by atoms with Gasteiger partial charge < -0.3 is 14.7 Å². The molecule has 1 saturated carbocycles. The minimum absolute atomic E-state index is 0.156. The number of piperidine rings is 1. The molecule has 0 spiro atoms. The summed E-state index contributed by atoms with van der Waals surface area (Å²) < 4.78 is 5.41. The largest absolute Gasteiger partial charge is 0.449 e. The third kappa shape index (κ3) is 3.87. The predicted molar refractivity (Wildman–Crippen MR) is 69.3 cm³/mol. The molecular weight excluding hydrogens is 230 g/mol. The van der Waals surface area contributed by atoms with Crippen molar-refractivity contribution < 1.29 is 14.6 Å². The maximum absolute atomic E-state index is 11.9. The van der Waals surface area contributed by atoms with Crippen molar-refractivity contribution in [3.63, 3.8) is 0 Å². The quantitative estimate of drug-likeness (QED) is 0.842. The van der Waals surface area contributed by atoms with E-state index in [0.717, 1.165) is 25.9 Å². The number of amides is 1. The Labute approximate surface area is 109 Å². The summed E-state index contributed by atoms with van der Waals surface area (Å²) in [6, 6.07) is 0. The highest BCUT2D eigenvalue weighted by Gasteiger charge is 2.24. The molecule has 2 rings (SSSR count). The molecule has 18 heavy (non-hydrogen) atoms. The summed E-state index contributed by atoms with van der Waals surface area (Å²) >= 11 is 0. The Kier molecular flexibility index (Phi) is 5.29. The summed E-state index contributed by atoms with van der Waals surface area (Å²) in [5.41, 5.74) is 0. The molecule has 4 nitrogen and oxygen atoms in total. The summed E-state index contributed by atoms with van der Waals surface area (Å²) in [5.74, 6) is 0.949. The molecule has 2 aliphatic rings. The Balaban J connectivity index is 1.65. The van der Waals surface area contributed by atoms with Crippen LogP contribution in [-0.2, 0) is 4.74 Å². The number of rotatable bonds is 3. The molecule has 4 heteroatoms. The zero-order valence-corrected chi connectivity index (χ0v) is 11.1. The molecule has 1 saturated heterocycles. The van der Waals surface area contributed by atoms with Gasteiger partial charge in [-0.2, -0.15) is 0 Å². The monoisotopic (exact) mass is 255 g/mol. The SMILES string of the molecule is O=C(OCC1CCCCC1)N1CCC(CO)CC1. The van der Waals surface area contributed by atoms with Gasteiger partial charge in [0.25, 0.3) is 0 Å². The molecule has 1 aliphatic heterocycles. The van der Waals surface area contributed by atoms with E-state index in [9.17, 15) is 4.79 Å². The van der Waals surface area contributed by atoms with Crippen molar-refractivity contribution in [3.05, 3.63) is 0 Å². The lowest BCUT2D eigenvalue weighted by Crippen LogP contribution is -2.40. The minimum atomic E-state index is -0.156. The summed E-state index contributed by atoms with van der Waals surface area (Å²) in [6.07, 6.45) is 7.95. The molecule has 104 valence electrons. The molecule has 1 N–H and O–H groups in total. The fourth-order valence-electron chi connectivity index (χ4n) is 2.93. The Morgan fingerprint density at radius 3 is 2.33 bits per heavy atom. The molecule has 0 aromatic heterocycles. The van der Waals surface area contributed by atoms with Crippen molar-refractivity contribution in [2.75, 3.05) is 26.3 Å². The lowest BCUT2D eigenvalue weighted by molar-refractivity contribution is 0.0632. The van der Waals surface area contributed by atoms with Gasteiger partial charge >= 0.3 is 6.09 Å². The summed E-state index contributed by atoms with van der Waals surface area (Å²) in [5, 5.41) is 9.05. The highest BCUT2D eigenvalue weighted by molar-refractivity contribution is 5.67. The first-order valence-corrected chi connectivity index (χ1v) is 7.32. The number of carbonyl (C=O) groups excluding carboxylic acids is 1. The van der Waals surface area contributed by atoms with Crippen LogP contribution in [-0.4, -0.2) is 42.4 Å². The summed E-state index contributed by atoms with van der Waals surface area (Å²) in [6.45, 7) is 2.30. The Morgan fingerprint density at radius 2 is 1.72 bits per heavy atom. The standard InChI is InChI=1S/C14H25NO3/c16-10-12-6-8-15(9-7-12)14(17)18-11-13-4-2-1-3-5-13/h12-13,16H,1-11H2. The average Bonchev–Trinajstić information content (AvgIpc) is 2.46. The van der Waals surface area contributed by atoms with Crippen LogP contribution in [0.15, 0.2) is 0 Å². The van der Waals surface area contributed by atoms with E-state index in [4.69, 9.17) is 9.84 Å². The second-order valence-electron chi connectivity index (χ2n) is 5.69. The topological polar surface area (TPSA) is 49.8 Å². The molecule has 0 radical (unpaired) electrons. The summed E-state index contributed by atoms with van der Waals surface area (Å²) in [4.78, 5) is 13.7. The van der Waals surface area contributed by atoms with Crippen LogP contribution in [0, 0.1) is 11.8 Å². The molecule has 0 unspecified atom stereocenters. The number of hydrogen-bond acceptors (Lipinski definition) is 3. The van der Waals surface area contributed by atoms with Crippen molar-refractivity contribution in [1.82, 2.24) is 4.90 Å². The Bertz CT molecular complexity index is 256. The maximum Gasteiger partial charge on any atom is 0.409 e. The third-order valence-electron chi connectivity index (χ3n) is 4.30. The molecular formula is C14H25NO3. The van der Waals surface area contributed by atoms with E-state index in [1.807, 2.05) is 0 Å². The second kappa shape index (κ2) is 6.98. The van der Waals surface area contributed by atoms with Crippen molar-refractivity contribution in [1.29, 1.82) is 0 Å². The normalized spacial score (nSPS) is 23.1. The van der Waals surface area contributed by atoms with Gasteiger partial charge in [-0.05, 0) is 37.5 Å².